The van der Waals surface area contributed by atoms with Gasteiger partial charge in [0.25, 0.3) is 5.79 Å². The summed E-state index contributed by atoms with van der Waals surface area (Å²) >= 11 is 0. The van der Waals surface area contributed by atoms with Crippen LogP contribution in [0.3, 0.4) is 0 Å². The summed E-state index contributed by atoms with van der Waals surface area (Å²) in [4.78, 5) is 0. The van der Waals surface area contributed by atoms with Crippen molar-refractivity contribution in [3.05, 3.63) is 0 Å². The van der Waals surface area contributed by atoms with Crippen molar-refractivity contribution in [2.45, 2.75) is 69.5 Å². The van der Waals surface area contributed by atoms with Crippen LogP contribution in [0, 0.1) is 12.3 Å². The normalized spacial score (nSPS) is 49.0. The van der Waals surface area contributed by atoms with E-state index in [4.69, 9.17) is 30.1 Å². The Morgan fingerprint density at radius 2 is 1.70 bits per heavy atom. The van der Waals surface area contributed by atoms with Crippen molar-refractivity contribution in [2.24, 2.45) is 0 Å². The minimum atomic E-state index is -1.81. The highest BCUT2D eigenvalue weighted by molar-refractivity contribution is 5.16. The first kappa shape index (κ1) is 14.3. The maximum atomic E-state index is 10.4. The number of ether oxygens (including phenoxy) is 5. The summed E-state index contributed by atoms with van der Waals surface area (Å²) in [6.07, 6.45) is 3.26. The van der Waals surface area contributed by atoms with Gasteiger partial charge in [-0.2, -0.15) is 0 Å². The molecule has 0 aromatic carbocycles. The SMILES string of the molecule is C#C[C@@]1(O)O[C@H]([C@H]2COC(C)(C)O2)[C@@H]2OC(C)(C)O[C@@H]21. The Labute approximate surface area is 118 Å². The van der Waals surface area contributed by atoms with E-state index < -0.39 is 35.7 Å². The number of hydrogen-bond donors (Lipinski definition) is 1. The van der Waals surface area contributed by atoms with Crippen LogP contribution in [0.25, 0.3) is 0 Å². The maximum absolute atomic E-state index is 10.4. The molecule has 0 aliphatic carbocycles. The van der Waals surface area contributed by atoms with E-state index in [1.165, 1.54) is 0 Å². The first-order chi connectivity index (χ1) is 9.16. The van der Waals surface area contributed by atoms with Gasteiger partial charge in [-0.25, -0.2) is 0 Å². The van der Waals surface area contributed by atoms with Crippen molar-refractivity contribution >= 4 is 0 Å². The molecule has 3 heterocycles. The number of hydrogen-bond acceptors (Lipinski definition) is 6. The molecule has 20 heavy (non-hydrogen) atoms. The molecule has 0 saturated carbocycles. The Bertz CT molecular complexity index is 453. The monoisotopic (exact) mass is 284 g/mol. The molecule has 0 aromatic rings. The molecule has 3 aliphatic rings. The van der Waals surface area contributed by atoms with Crippen molar-refractivity contribution < 1.29 is 28.8 Å². The highest BCUT2D eigenvalue weighted by Gasteiger charge is 2.64. The zero-order chi connectivity index (χ0) is 14.8. The molecular weight excluding hydrogens is 264 g/mol. The quantitative estimate of drug-likeness (QED) is 0.702. The molecule has 0 aromatic heterocycles. The van der Waals surface area contributed by atoms with Gasteiger partial charge in [-0.3, -0.25) is 0 Å². The molecule has 3 aliphatic heterocycles. The molecule has 3 rings (SSSR count). The molecule has 0 bridgehead atoms. The predicted octanol–water partition coefficient (Wildman–Crippen LogP) is 0.379. The van der Waals surface area contributed by atoms with Crippen LogP contribution in [0.4, 0.5) is 0 Å². The Hall–Kier alpha value is -0.680. The lowest BCUT2D eigenvalue weighted by molar-refractivity contribution is -0.261. The molecule has 3 fully saturated rings. The third-order valence-electron chi connectivity index (χ3n) is 3.76. The van der Waals surface area contributed by atoms with Gasteiger partial charge < -0.3 is 28.8 Å². The van der Waals surface area contributed by atoms with Crippen molar-refractivity contribution in [3.63, 3.8) is 0 Å². The first-order valence-corrected chi connectivity index (χ1v) is 6.71. The average molecular weight is 284 g/mol. The molecule has 0 radical (unpaired) electrons. The van der Waals surface area contributed by atoms with Gasteiger partial charge in [-0.1, -0.05) is 0 Å². The number of rotatable bonds is 1. The molecular formula is C14H20O6. The summed E-state index contributed by atoms with van der Waals surface area (Å²) in [5, 5.41) is 10.4. The van der Waals surface area contributed by atoms with Crippen LogP contribution in [-0.2, 0) is 23.7 Å². The molecule has 5 atom stereocenters. The van der Waals surface area contributed by atoms with Gasteiger partial charge in [0.05, 0.1) is 6.61 Å². The second-order valence-electron chi connectivity index (χ2n) is 6.31. The molecule has 0 unspecified atom stereocenters. The molecule has 112 valence electrons. The zero-order valence-corrected chi connectivity index (χ0v) is 12.1. The fourth-order valence-electron chi connectivity index (χ4n) is 2.95. The van der Waals surface area contributed by atoms with Crippen molar-refractivity contribution in [3.8, 4) is 12.3 Å². The largest absolute Gasteiger partial charge is 0.353 e. The Kier molecular flexibility index (Phi) is 2.97. The molecule has 1 N–H and O–H groups in total. The minimum absolute atomic E-state index is 0.353. The number of terminal acetylenes is 1. The Morgan fingerprint density at radius 3 is 2.25 bits per heavy atom. The lowest BCUT2D eigenvalue weighted by atomic mass is 10.0. The van der Waals surface area contributed by atoms with E-state index in [1.54, 1.807) is 13.8 Å². The van der Waals surface area contributed by atoms with E-state index in [1.807, 2.05) is 13.8 Å². The molecule has 0 spiro atoms. The van der Waals surface area contributed by atoms with Crippen LogP contribution >= 0.6 is 0 Å². The topological polar surface area (TPSA) is 66.4 Å². The maximum Gasteiger partial charge on any atom is 0.261 e. The summed E-state index contributed by atoms with van der Waals surface area (Å²) in [6, 6.07) is 0. The van der Waals surface area contributed by atoms with Gasteiger partial charge in [-0.05, 0) is 33.6 Å². The van der Waals surface area contributed by atoms with Crippen LogP contribution in [0.5, 0.6) is 0 Å². The fourth-order valence-corrected chi connectivity index (χ4v) is 2.95. The zero-order valence-electron chi connectivity index (χ0n) is 12.1. The minimum Gasteiger partial charge on any atom is -0.353 e. The molecule has 6 heteroatoms. The van der Waals surface area contributed by atoms with E-state index in [0.29, 0.717) is 6.61 Å². The average Bonchev–Trinajstić information content (AvgIpc) is 2.92. The summed E-state index contributed by atoms with van der Waals surface area (Å²) in [6.45, 7) is 7.54. The summed E-state index contributed by atoms with van der Waals surface area (Å²) in [5.41, 5.74) is 0. The second-order valence-corrected chi connectivity index (χ2v) is 6.31. The van der Waals surface area contributed by atoms with E-state index in [-0.39, 0.29) is 6.10 Å². The van der Waals surface area contributed by atoms with Gasteiger partial charge in [0.2, 0.25) is 0 Å². The van der Waals surface area contributed by atoms with Crippen molar-refractivity contribution in [2.75, 3.05) is 6.61 Å². The lowest BCUT2D eigenvalue weighted by Crippen LogP contribution is -2.42. The van der Waals surface area contributed by atoms with Crippen LogP contribution in [0.2, 0.25) is 0 Å². The molecule has 0 amide bonds. The fraction of sp³-hybridized carbons (Fsp3) is 0.857. The highest BCUT2D eigenvalue weighted by Crippen LogP contribution is 2.45. The molecule has 6 nitrogen and oxygen atoms in total. The van der Waals surface area contributed by atoms with E-state index in [2.05, 4.69) is 5.92 Å². The molecule has 3 saturated heterocycles. The van der Waals surface area contributed by atoms with Gasteiger partial charge in [0, 0.05) is 0 Å². The van der Waals surface area contributed by atoms with Gasteiger partial charge in [0.15, 0.2) is 17.7 Å². The van der Waals surface area contributed by atoms with Crippen LogP contribution < -0.4 is 0 Å². The van der Waals surface area contributed by atoms with Gasteiger partial charge in [0.1, 0.15) is 18.3 Å². The van der Waals surface area contributed by atoms with Crippen LogP contribution in [0.15, 0.2) is 0 Å². The van der Waals surface area contributed by atoms with Crippen molar-refractivity contribution in [1.29, 1.82) is 0 Å². The smallest absolute Gasteiger partial charge is 0.261 e. The standard InChI is InChI=1S/C14H20O6/c1-6-14(15)11-10(18-13(4,5)20-11)9(19-14)8-7-16-12(2,3)17-8/h1,8-11,15H,7H2,2-5H3/t8-,9-,10+,11+,14-/m1/s1. The number of aliphatic hydroxyl groups is 1. The van der Waals surface area contributed by atoms with Crippen LogP contribution in [0.1, 0.15) is 27.7 Å². The Balaban J connectivity index is 1.85. The summed E-state index contributed by atoms with van der Waals surface area (Å²) < 4.78 is 28.4. The van der Waals surface area contributed by atoms with E-state index >= 15 is 0 Å². The Morgan fingerprint density at radius 1 is 1.00 bits per heavy atom. The number of fused-ring (bicyclic) bond motifs is 1. The van der Waals surface area contributed by atoms with Gasteiger partial charge >= 0.3 is 0 Å². The highest BCUT2D eigenvalue weighted by atomic mass is 16.8. The van der Waals surface area contributed by atoms with Crippen LogP contribution in [-0.4, -0.2) is 53.5 Å². The van der Waals surface area contributed by atoms with E-state index in [0.717, 1.165) is 0 Å². The predicted molar refractivity (Wildman–Crippen MR) is 67.4 cm³/mol. The lowest BCUT2D eigenvalue weighted by Gasteiger charge is -2.28. The third-order valence-corrected chi connectivity index (χ3v) is 3.76. The van der Waals surface area contributed by atoms with E-state index in [9.17, 15) is 5.11 Å². The summed E-state index contributed by atoms with van der Waals surface area (Å²) in [7, 11) is 0. The van der Waals surface area contributed by atoms with Gasteiger partial charge in [-0.15, -0.1) is 6.42 Å². The first-order valence-electron chi connectivity index (χ1n) is 6.71. The third kappa shape index (κ3) is 2.15. The second kappa shape index (κ2) is 4.17. The summed E-state index contributed by atoms with van der Waals surface area (Å²) in [5.74, 6) is -1.06. The van der Waals surface area contributed by atoms with Crippen molar-refractivity contribution in [1.82, 2.24) is 0 Å².